The number of likely N-dealkylation sites (N-methyl/N-ethyl adjacent to an activating group) is 1. The predicted molar refractivity (Wildman–Crippen MR) is 58.7 cm³/mol. The van der Waals surface area contributed by atoms with Crippen LogP contribution >= 0.6 is 11.6 Å². The minimum absolute atomic E-state index is 0.0650. The predicted octanol–water partition coefficient (Wildman–Crippen LogP) is 1.50. The van der Waals surface area contributed by atoms with Crippen molar-refractivity contribution in [1.82, 2.24) is 10.2 Å². The molecule has 1 aromatic heterocycles. The van der Waals surface area contributed by atoms with E-state index in [4.69, 9.17) is 16.0 Å². The topological polar surface area (TPSA) is 45.5 Å². The van der Waals surface area contributed by atoms with E-state index in [2.05, 4.69) is 5.32 Å². The third-order valence-corrected chi connectivity index (χ3v) is 2.31. The van der Waals surface area contributed by atoms with E-state index in [1.165, 1.54) is 0 Å². The van der Waals surface area contributed by atoms with Crippen molar-refractivity contribution >= 4 is 17.5 Å². The number of hydrogen-bond acceptors (Lipinski definition) is 3. The maximum Gasteiger partial charge on any atom is 0.236 e. The molecule has 0 fully saturated rings. The Morgan fingerprint density at radius 3 is 2.87 bits per heavy atom. The maximum atomic E-state index is 11.4. The van der Waals surface area contributed by atoms with E-state index < -0.39 is 0 Å². The quantitative estimate of drug-likeness (QED) is 0.834. The minimum Gasteiger partial charge on any atom is -0.448 e. The molecule has 0 bridgehead atoms. The average Bonchev–Trinajstić information content (AvgIpc) is 2.63. The third-order valence-electron chi connectivity index (χ3n) is 2.10. The molecule has 0 aliphatic heterocycles. The molecule has 0 aliphatic carbocycles. The standard InChI is InChI=1S/C10H15ClN2O2/c1-3-13(2)10(14)7-12-6-8-4-5-9(11)15-8/h4-5,12H,3,6-7H2,1-2H3. The van der Waals surface area contributed by atoms with Gasteiger partial charge in [0.1, 0.15) is 5.76 Å². The molecule has 0 aromatic carbocycles. The second kappa shape index (κ2) is 5.78. The highest BCUT2D eigenvalue weighted by Gasteiger charge is 2.06. The van der Waals surface area contributed by atoms with Crippen LogP contribution in [0.4, 0.5) is 0 Å². The summed E-state index contributed by atoms with van der Waals surface area (Å²) in [6.45, 7) is 3.47. The lowest BCUT2D eigenvalue weighted by Crippen LogP contribution is -2.35. The fourth-order valence-corrected chi connectivity index (χ4v) is 1.21. The summed E-state index contributed by atoms with van der Waals surface area (Å²) in [4.78, 5) is 13.0. The Morgan fingerprint density at radius 1 is 1.60 bits per heavy atom. The Hall–Kier alpha value is -1.00. The van der Waals surface area contributed by atoms with Crippen molar-refractivity contribution in [2.75, 3.05) is 20.1 Å². The van der Waals surface area contributed by atoms with Crippen LogP contribution in [0.3, 0.4) is 0 Å². The fourth-order valence-electron chi connectivity index (χ4n) is 1.05. The van der Waals surface area contributed by atoms with Crippen molar-refractivity contribution in [1.29, 1.82) is 0 Å². The van der Waals surface area contributed by atoms with E-state index in [1.54, 1.807) is 24.1 Å². The number of carbonyl (C=O) groups excluding carboxylic acids is 1. The second-order valence-electron chi connectivity index (χ2n) is 3.22. The van der Waals surface area contributed by atoms with Crippen molar-refractivity contribution < 1.29 is 9.21 Å². The Kier molecular flexibility index (Phi) is 4.65. The van der Waals surface area contributed by atoms with E-state index in [0.29, 0.717) is 24.9 Å². The van der Waals surface area contributed by atoms with Crippen LogP contribution in [0.5, 0.6) is 0 Å². The first-order valence-electron chi connectivity index (χ1n) is 4.82. The van der Waals surface area contributed by atoms with Crippen molar-refractivity contribution in [3.8, 4) is 0 Å². The van der Waals surface area contributed by atoms with Gasteiger partial charge in [0.2, 0.25) is 5.91 Å². The molecule has 1 heterocycles. The van der Waals surface area contributed by atoms with E-state index in [1.807, 2.05) is 6.92 Å². The number of rotatable bonds is 5. The van der Waals surface area contributed by atoms with Gasteiger partial charge in [-0.3, -0.25) is 4.79 Å². The zero-order valence-electron chi connectivity index (χ0n) is 8.92. The monoisotopic (exact) mass is 230 g/mol. The Labute approximate surface area is 94.2 Å². The summed E-state index contributed by atoms with van der Waals surface area (Å²) in [5, 5.41) is 3.35. The molecule has 0 spiro atoms. The summed E-state index contributed by atoms with van der Waals surface area (Å²) in [6.07, 6.45) is 0. The number of carbonyl (C=O) groups is 1. The lowest BCUT2D eigenvalue weighted by molar-refractivity contribution is -0.128. The van der Waals surface area contributed by atoms with Gasteiger partial charge in [0.25, 0.3) is 0 Å². The van der Waals surface area contributed by atoms with Crippen LogP contribution in [0.15, 0.2) is 16.5 Å². The fraction of sp³-hybridized carbons (Fsp3) is 0.500. The van der Waals surface area contributed by atoms with Crippen LogP contribution in [0.1, 0.15) is 12.7 Å². The van der Waals surface area contributed by atoms with E-state index in [-0.39, 0.29) is 5.91 Å². The summed E-state index contributed by atoms with van der Waals surface area (Å²) >= 11 is 5.61. The van der Waals surface area contributed by atoms with Gasteiger partial charge in [0.05, 0.1) is 13.1 Å². The zero-order valence-corrected chi connectivity index (χ0v) is 9.67. The number of nitrogens with one attached hydrogen (secondary N) is 1. The molecule has 1 rings (SSSR count). The smallest absolute Gasteiger partial charge is 0.236 e. The molecule has 0 aliphatic rings. The van der Waals surface area contributed by atoms with Crippen LogP contribution in [-0.4, -0.2) is 30.9 Å². The number of amides is 1. The van der Waals surface area contributed by atoms with E-state index in [9.17, 15) is 4.79 Å². The normalized spacial score (nSPS) is 10.3. The highest BCUT2D eigenvalue weighted by molar-refractivity contribution is 6.28. The summed E-state index contributed by atoms with van der Waals surface area (Å²) in [5.74, 6) is 0.794. The molecular formula is C10H15ClN2O2. The highest BCUT2D eigenvalue weighted by atomic mass is 35.5. The maximum absolute atomic E-state index is 11.4. The van der Waals surface area contributed by atoms with E-state index >= 15 is 0 Å². The minimum atomic E-state index is 0.0650. The van der Waals surface area contributed by atoms with Gasteiger partial charge < -0.3 is 14.6 Å². The lowest BCUT2D eigenvalue weighted by Gasteiger charge is -2.14. The summed E-state index contributed by atoms with van der Waals surface area (Å²) in [5.41, 5.74) is 0. The number of halogens is 1. The molecule has 5 heteroatoms. The zero-order chi connectivity index (χ0) is 11.3. The summed E-state index contributed by atoms with van der Waals surface area (Å²) in [6, 6.07) is 3.46. The van der Waals surface area contributed by atoms with Crippen LogP contribution in [0, 0.1) is 0 Å². The average molecular weight is 231 g/mol. The van der Waals surface area contributed by atoms with Gasteiger partial charge in [-0.1, -0.05) is 0 Å². The molecule has 0 saturated heterocycles. The van der Waals surface area contributed by atoms with Gasteiger partial charge in [0.15, 0.2) is 5.22 Å². The number of furan rings is 1. The van der Waals surface area contributed by atoms with Crippen molar-refractivity contribution in [2.24, 2.45) is 0 Å². The number of nitrogens with zero attached hydrogens (tertiary/aromatic N) is 1. The summed E-state index contributed by atoms with van der Waals surface area (Å²) in [7, 11) is 1.77. The molecule has 1 amide bonds. The van der Waals surface area contributed by atoms with Crippen LogP contribution < -0.4 is 5.32 Å². The first-order chi connectivity index (χ1) is 7.13. The molecule has 0 saturated carbocycles. The van der Waals surface area contributed by atoms with Crippen LogP contribution in [0.25, 0.3) is 0 Å². The molecule has 15 heavy (non-hydrogen) atoms. The third kappa shape index (κ3) is 3.93. The van der Waals surface area contributed by atoms with Crippen LogP contribution in [0.2, 0.25) is 5.22 Å². The molecule has 0 radical (unpaired) electrons. The molecule has 0 unspecified atom stereocenters. The Balaban J connectivity index is 2.24. The first kappa shape index (κ1) is 12.1. The number of hydrogen-bond donors (Lipinski definition) is 1. The van der Waals surface area contributed by atoms with Gasteiger partial charge in [0, 0.05) is 13.6 Å². The van der Waals surface area contributed by atoms with E-state index in [0.717, 1.165) is 5.76 Å². The Bertz CT molecular complexity index is 325. The van der Waals surface area contributed by atoms with Gasteiger partial charge >= 0.3 is 0 Å². The molecule has 84 valence electrons. The molecule has 4 nitrogen and oxygen atoms in total. The highest BCUT2D eigenvalue weighted by Crippen LogP contribution is 2.12. The lowest BCUT2D eigenvalue weighted by atomic mass is 10.4. The van der Waals surface area contributed by atoms with Crippen molar-refractivity contribution in [3.63, 3.8) is 0 Å². The SMILES string of the molecule is CCN(C)C(=O)CNCc1ccc(Cl)o1. The largest absolute Gasteiger partial charge is 0.448 e. The second-order valence-corrected chi connectivity index (χ2v) is 3.59. The van der Waals surface area contributed by atoms with Gasteiger partial charge in [-0.25, -0.2) is 0 Å². The van der Waals surface area contributed by atoms with Gasteiger partial charge in [-0.05, 0) is 30.7 Å². The summed E-state index contributed by atoms with van der Waals surface area (Å²) < 4.78 is 5.13. The van der Waals surface area contributed by atoms with Crippen molar-refractivity contribution in [2.45, 2.75) is 13.5 Å². The first-order valence-corrected chi connectivity index (χ1v) is 5.20. The van der Waals surface area contributed by atoms with Gasteiger partial charge in [-0.2, -0.15) is 0 Å². The Morgan fingerprint density at radius 2 is 2.33 bits per heavy atom. The molecule has 1 aromatic rings. The van der Waals surface area contributed by atoms with Gasteiger partial charge in [-0.15, -0.1) is 0 Å². The van der Waals surface area contributed by atoms with Crippen molar-refractivity contribution in [3.05, 3.63) is 23.1 Å². The molecule has 0 atom stereocenters. The molecular weight excluding hydrogens is 216 g/mol. The molecule has 1 N–H and O–H groups in total. The van der Waals surface area contributed by atoms with Crippen LogP contribution in [-0.2, 0) is 11.3 Å².